The first-order valence-electron chi connectivity index (χ1n) is 8.34. The van der Waals surface area contributed by atoms with Gasteiger partial charge in [-0.15, -0.1) is 0 Å². The highest BCUT2D eigenvalue weighted by Gasteiger charge is 2.23. The van der Waals surface area contributed by atoms with Crippen molar-refractivity contribution >= 4 is 5.91 Å². The minimum Gasteiger partial charge on any atom is -0.378 e. The summed E-state index contributed by atoms with van der Waals surface area (Å²) >= 11 is 0. The van der Waals surface area contributed by atoms with Crippen LogP contribution in [0.15, 0.2) is 60.7 Å². The number of ether oxygens (including phenoxy) is 1. The van der Waals surface area contributed by atoms with E-state index in [1.807, 2.05) is 60.7 Å². The first-order valence-corrected chi connectivity index (χ1v) is 8.34. The Morgan fingerprint density at radius 2 is 1.65 bits per heavy atom. The average Bonchev–Trinajstić information content (AvgIpc) is 3.10. The van der Waals surface area contributed by atoms with Crippen molar-refractivity contribution in [3.63, 3.8) is 0 Å². The maximum atomic E-state index is 12.8. The van der Waals surface area contributed by atoms with Crippen LogP contribution in [0.2, 0.25) is 0 Å². The zero-order chi connectivity index (χ0) is 15.9. The molecule has 2 aromatic rings. The van der Waals surface area contributed by atoms with E-state index in [0.717, 1.165) is 37.0 Å². The molecule has 1 unspecified atom stereocenters. The zero-order valence-electron chi connectivity index (χ0n) is 13.3. The highest BCUT2D eigenvalue weighted by molar-refractivity contribution is 5.87. The van der Waals surface area contributed by atoms with Crippen molar-refractivity contribution in [2.45, 2.75) is 31.3 Å². The standard InChI is InChI=1S/C20H23NO2/c22-20(21-14-13-18-12-7-15-23-18)19(16-8-3-1-4-9-16)17-10-5-2-6-11-17/h1-6,8-11,18-19H,7,12-15H2,(H,21,22). The average molecular weight is 309 g/mol. The molecular formula is C20H23NO2. The molecule has 2 aromatic carbocycles. The van der Waals surface area contributed by atoms with Crippen LogP contribution >= 0.6 is 0 Å². The third-order valence-corrected chi connectivity index (χ3v) is 4.32. The molecule has 0 aliphatic carbocycles. The van der Waals surface area contributed by atoms with Gasteiger partial charge >= 0.3 is 0 Å². The fraction of sp³-hybridized carbons (Fsp3) is 0.350. The minimum atomic E-state index is -0.262. The quantitative estimate of drug-likeness (QED) is 0.887. The second-order valence-electron chi connectivity index (χ2n) is 5.97. The lowest BCUT2D eigenvalue weighted by molar-refractivity contribution is -0.121. The number of benzene rings is 2. The van der Waals surface area contributed by atoms with Gasteiger partial charge in [-0.2, -0.15) is 0 Å². The van der Waals surface area contributed by atoms with Gasteiger partial charge < -0.3 is 10.1 Å². The summed E-state index contributed by atoms with van der Waals surface area (Å²) in [5.41, 5.74) is 2.04. The van der Waals surface area contributed by atoms with Crippen LogP contribution < -0.4 is 5.32 Å². The van der Waals surface area contributed by atoms with E-state index in [-0.39, 0.29) is 11.8 Å². The highest BCUT2D eigenvalue weighted by atomic mass is 16.5. The Morgan fingerprint density at radius 1 is 1.04 bits per heavy atom. The molecule has 0 radical (unpaired) electrons. The number of nitrogens with one attached hydrogen (secondary N) is 1. The first kappa shape index (κ1) is 15.8. The summed E-state index contributed by atoms with van der Waals surface area (Å²) in [6, 6.07) is 19.9. The topological polar surface area (TPSA) is 38.3 Å². The summed E-state index contributed by atoms with van der Waals surface area (Å²) in [7, 11) is 0. The van der Waals surface area contributed by atoms with Gasteiger partial charge in [0.15, 0.2) is 0 Å². The van der Waals surface area contributed by atoms with Gasteiger partial charge in [0, 0.05) is 13.2 Å². The number of carbonyl (C=O) groups is 1. The Hall–Kier alpha value is -2.13. The molecule has 1 atom stereocenters. The van der Waals surface area contributed by atoms with E-state index in [4.69, 9.17) is 4.74 Å². The lowest BCUT2D eigenvalue weighted by atomic mass is 9.90. The van der Waals surface area contributed by atoms with Crippen LogP contribution in [-0.2, 0) is 9.53 Å². The van der Waals surface area contributed by atoms with Gasteiger partial charge in [-0.1, -0.05) is 60.7 Å². The van der Waals surface area contributed by atoms with Crippen molar-refractivity contribution in [3.05, 3.63) is 71.8 Å². The third kappa shape index (κ3) is 4.20. The molecule has 3 heteroatoms. The van der Waals surface area contributed by atoms with Crippen LogP contribution in [0.5, 0.6) is 0 Å². The summed E-state index contributed by atoms with van der Waals surface area (Å²) in [4.78, 5) is 12.8. The molecule has 0 bridgehead atoms. The molecule has 0 spiro atoms. The van der Waals surface area contributed by atoms with Gasteiger partial charge in [-0.3, -0.25) is 4.79 Å². The molecule has 120 valence electrons. The molecule has 0 aromatic heterocycles. The molecule has 1 heterocycles. The number of rotatable bonds is 6. The number of amides is 1. The van der Waals surface area contributed by atoms with Crippen LogP contribution in [-0.4, -0.2) is 25.2 Å². The van der Waals surface area contributed by atoms with Crippen molar-refractivity contribution in [2.75, 3.05) is 13.2 Å². The highest BCUT2D eigenvalue weighted by Crippen LogP contribution is 2.24. The maximum Gasteiger partial charge on any atom is 0.232 e. The van der Waals surface area contributed by atoms with Crippen molar-refractivity contribution in [1.29, 1.82) is 0 Å². The van der Waals surface area contributed by atoms with Gasteiger partial charge in [-0.25, -0.2) is 0 Å². The Labute approximate surface area is 137 Å². The molecule has 1 aliphatic rings. The lowest BCUT2D eigenvalue weighted by Gasteiger charge is -2.18. The molecule has 1 saturated heterocycles. The second-order valence-corrected chi connectivity index (χ2v) is 5.97. The van der Waals surface area contributed by atoms with Crippen LogP contribution in [0.3, 0.4) is 0 Å². The number of hydrogen-bond donors (Lipinski definition) is 1. The largest absolute Gasteiger partial charge is 0.378 e. The third-order valence-electron chi connectivity index (χ3n) is 4.32. The summed E-state index contributed by atoms with van der Waals surface area (Å²) in [5.74, 6) is -0.206. The molecule has 3 rings (SSSR count). The monoisotopic (exact) mass is 309 g/mol. The van der Waals surface area contributed by atoms with Crippen molar-refractivity contribution in [2.24, 2.45) is 0 Å². The summed E-state index contributed by atoms with van der Waals surface area (Å²) in [5, 5.41) is 3.09. The van der Waals surface area contributed by atoms with E-state index in [1.165, 1.54) is 0 Å². The Balaban J connectivity index is 1.69. The van der Waals surface area contributed by atoms with Crippen LogP contribution in [0.4, 0.5) is 0 Å². The van der Waals surface area contributed by atoms with Crippen molar-refractivity contribution in [1.82, 2.24) is 5.32 Å². The van der Waals surface area contributed by atoms with Crippen LogP contribution in [0.25, 0.3) is 0 Å². The SMILES string of the molecule is O=C(NCCC1CCCO1)C(c1ccccc1)c1ccccc1. The molecule has 1 aliphatic heterocycles. The normalized spacial score (nSPS) is 17.3. The van der Waals surface area contributed by atoms with E-state index >= 15 is 0 Å². The van der Waals surface area contributed by atoms with E-state index in [2.05, 4.69) is 5.32 Å². The van der Waals surface area contributed by atoms with E-state index in [9.17, 15) is 4.79 Å². The smallest absolute Gasteiger partial charge is 0.232 e. The fourth-order valence-corrected chi connectivity index (χ4v) is 3.12. The fourth-order valence-electron chi connectivity index (χ4n) is 3.12. The second kappa shape index (κ2) is 7.93. The molecular weight excluding hydrogens is 286 g/mol. The molecule has 3 nitrogen and oxygen atoms in total. The summed E-state index contributed by atoms with van der Waals surface area (Å²) in [6.45, 7) is 1.52. The molecule has 1 amide bonds. The van der Waals surface area contributed by atoms with Gasteiger partial charge in [0.05, 0.1) is 12.0 Å². The Kier molecular flexibility index (Phi) is 5.43. The zero-order valence-corrected chi connectivity index (χ0v) is 13.3. The Bertz CT molecular complexity index is 567. The predicted octanol–water partition coefficient (Wildman–Crippen LogP) is 3.50. The van der Waals surface area contributed by atoms with Gasteiger partial charge in [-0.05, 0) is 30.4 Å². The maximum absolute atomic E-state index is 12.8. The number of carbonyl (C=O) groups excluding carboxylic acids is 1. The predicted molar refractivity (Wildman–Crippen MR) is 91.3 cm³/mol. The van der Waals surface area contributed by atoms with Gasteiger partial charge in [0.2, 0.25) is 5.91 Å². The molecule has 0 saturated carbocycles. The minimum absolute atomic E-state index is 0.0559. The molecule has 23 heavy (non-hydrogen) atoms. The number of hydrogen-bond acceptors (Lipinski definition) is 2. The van der Waals surface area contributed by atoms with Crippen molar-refractivity contribution < 1.29 is 9.53 Å². The summed E-state index contributed by atoms with van der Waals surface area (Å²) in [6.07, 6.45) is 3.44. The van der Waals surface area contributed by atoms with Crippen molar-refractivity contribution in [3.8, 4) is 0 Å². The van der Waals surface area contributed by atoms with Gasteiger partial charge in [0.1, 0.15) is 0 Å². The van der Waals surface area contributed by atoms with Crippen LogP contribution in [0, 0.1) is 0 Å². The molecule has 1 fully saturated rings. The molecule has 1 N–H and O–H groups in total. The summed E-state index contributed by atoms with van der Waals surface area (Å²) < 4.78 is 5.61. The van der Waals surface area contributed by atoms with Gasteiger partial charge in [0.25, 0.3) is 0 Å². The lowest BCUT2D eigenvalue weighted by Crippen LogP contribution is -2.32. The van der Waals surface area contributed by atoms with E-state index < -0.39 is 0 Å². The van der Waals surface area contributed by atoms with E-state index in [1.54, 1.807) is 0 Å². The first-order chi connectivity index (χ1) is 11.3. The van der Waals surface area contributed by atoms with Crippen LogP contribution in [0.1, 0.15) is 36.3 Å². The van der Waals surface area contributed by atoms with E-state index in [0.29, 0.717) is 12.6 Å². The Morgan fingerprint density at radius 3 is 2.17 bits per heavy atom.